The number of aryl methyl sites for hydroxylation is 4. The van der Waals surface area contributed by atoms with Crippen molar-refractivity contribution in [3.63, 3.8) is 0 Å². The number of benzene rings is 2. The Bertz CT molecular complexity index is 697. The summed E-state index contributed by atoms with van der Waals surface area (Å²) in [6.45, 7) is 6.24. The molecule has 0 heterocycles. The van der Waals surface area contributed by atoms with Crippen LogP contribution in [-0.2, 0) is 12.8 Å². The van der Waals surface area contributed by atoms with E-state index in [4.69, 9.17) is 0 Å². The third kappa shape index (κ3) is 2.65. The fraction of sp³-hybridized carbons (Fsp3) is 0.350. The molecule has 0 saturated heterocycles. The molecule has 2 aromatic rings. The fourth-order valence-corrected chi connectivity index (χ4v) is 3.37. The number of ketones is 1. The highest BCUT2D eigenvalue weighted by Gasteiger charge is 2.26. The molecule has 108 valence electrons. The number of rotatable bonds is 2. The van der Waals surface area contributed by atoms with Gasteiger partial charge in [0.1, 0.15) is 0 Å². The lowest BCUT2D eigenvalue weighted by Gasteiger charge is -2.24. The molecule has 2 aromatic carbocycles. The van der Waals surface area contributed by atoms with Gasteiger partial charge in [-0.25, -0.2) is 0 Å². The summed E-state index contributed by atoms with van der Waals surface area (Å²) in [5.74, 6) is 0.464. The molecule has 1 aliphatic rings. The molecule has 1 aliphatic carbocycles. The van der Waals surface area contributed by atoms with E-state index in [2.05, 4.69) is 57.2 Å². The number of Topliss-reactive ketones (excluding diaryl/α,β-unsaturated/α-hetero) is 1. The predicted molar refractivity (Wildman–Crippen MR) is 86.9 cm³/mol. The minimum atomic E-state index is 0.140. The Morgan fingerprint density at radius 1 is 0.952 bits per heavy atom. The minimum Gasteiger partial charge on any atom is -0.294 e. The molecule has 1 atom stereocenters. The van der Waals surface area contributed by atoms with Gasteiger partial charge in [0, 0.05) is 11.5 Å². The first-order valence-corrected chi connectivity index (χ1v) is 7.75. The fourth-order valence-electron chi connectivity index (χ4n) is 3.37. The summed E-state index contributed by atoms with van der Waals surface area (Å²) in [5, 5.41) is 0. The molecule has 21 heavy (non-hydrogen) atoms. The largest absolute Gasteiger partial charge is 0.294 e. The van der Waals surface area contributed by atoms with Crippen LogP contribution in [0.1, 0.15) is 44.6 Å². The Labute approximate surface area is 127 Å². The molecule has 0 aliphatic heterocycles. The van der Waals surface area contributed by atoms with E-state index >= 15 is 0 Å². The van der Waals surface area contributed by atoms with E-state index in [0.717, 1.165) is 30.4 Å². The van der Waals surface area contributed by atoms with Crippen LogP contribution in [0.2, 0.25) is 0 Å². The van der Waals surface area contributed by atoms with Gasteiger partial charge in [-0.2, -0.15) is 0 Å². The molecule has 0 saturated carbocycles. The number of hydrogen-bond acceptors (Lipinski definition) is 1. The smallest absolute Gasteiger partial charge is 0.166 e. The Balaban J connectivity index is 1.89. The molecule has 1 nitrogen and oxygen atoms in total. The molecule has 1 unspecified atom stereocenters. The van der Waals surface area contributed by atoms with Gasteiger partial charge in [-0.3, -0.25) is 4.79 Å². The SMILES string of the molecule is Cc1cc(C)c(C(=O)C2CCc3ccccc3C2)cc1C. The monoisotopic (exact) mass is 278 g/mol. The number of carbonyl (C=O) groups excluding carboxylic acids is 1. The number of hydrogen-bond donors (Lipinski definition) is 0. The molecule has 0 aromatic heterocycles. The van der Waals surface area contributed by atoms with Crippen LogP contribution in [0.25, 0.3) is 0 Å². The van der Waals surface area contributed by atoms with E-state index < -0.39 is 0 Å². The second-order valence-corrected chi connectivity index (χ2v) is 6.32. The Morgan fingerprint density at radius 3 is 2.38 bits per heavy atom. The first kappa shape index (κ1) is 14.1. The molecule has 3 rings (SSSR count). The summed E-state index contributed by atoms with van der Waals surface area (Å²) in [5.41, 5.74) is 7.27. The minimum absolute atomic E-state index is 0.140. The quantitative estimate of drug-likeness (QED) is 0.734. The molecule has 0 radical (unpaired) electrons. The maximum absolute atomic E-state index is 12.9. The lowest BCUT2D eigenvalue weighted by molar-refractivity contribution is 0.0908. The molecular weight excluding hydrogens is 256 g/mol. The number of carbonyl (C=O) groups is 1. The summed E-state index contributed by atoms with van der Waals surface area (Å²) in [4.78, 5) is 12.9. The standard InChI is InChI=1S/C20H22O/c1-13-10-15(3)19(11-14(13)2)20(21)18-9-8-16-6-4-5-7-17(16)12-18/h4-7,10-11,18H,8-9,12H2,1-3H3. The van der Waals surface area contributed by atoms with E-state index in [-0.39, 0.29) is 5.92 Å². The Kier molecular flexibility index (Phi) is 3.67. The van der Waals surface area contributed by atoms with Gasteiger partial charge in [-0.15, -0.1) is 0 Å². The van der Waals surface area contributed by atoms with E-state index in [1.54, 1.807) is 0 Å². The first-order valence-electron chi connectivity index (χ1n) is 7.75. The van der Waals surface area contributed by atoms with Gasteiger partial charge in [-0.1, -0.05) is 30.3 Å². The van der Waals surface area contributed by atoms with Gasteiger partial charge in [0.05, 0.1) is 0 Å². The first-order chi connectivity index (χ1) is 10.1. The van der Waals surface area contributed by atoms with Crippen LogP contribution in [0.5, 0.6) is 0 Å². The molecule has 0 spiro atoms. The van der Waals surface area contributed by atoms with Crippen LogP contribution in [0, 0.1) is 26.7 Å². The third-order valence-electron chi connectivity index (χ3n) is 4.82. The summed E-state index contributed by atoms with van der Waals surface area (Å²) >= 11 is 0. The molecule has 0 amide bonds. The molecule has 0 fully saturated rings. The normalized spacial score (nSPS) is 17.4. The average molecular weight is 278 g/mol. The van der Waals surface area contributed by atoms with Crippen LogP contribution in [0.15, 0.2) is 36.4 Å². The van der Waals surface area contributed by atoms with Crippen LogP contribution in [-0.4, -0.2) is 5.78 Å². The lowest BCUT2D eigenvalue weighted by Crippen LogP contribution is -2.23. The van der Waals surface area contributed by atoms with Crippen molar-refractivity contribution in [2.75, 3.05) is 0 Å². The van der Waals surface area contributed by atoms with Crippen LogP contribution in [0.4, 0.5) is 0 Å². The zero-order chi connectivity index (χ0) is 15.0. The highest BCUT2D eigenvalue weighted by Crippen LogP contribution is 2.29. The molecule has 0 bridgehead atoms. The summed E-state index contributed by atoms with van der Waals surface area (Å²) in [6.07, 6.45) is 2.89. The van der Waals surface area contributed by atoms with Crippen molar-refractivity contribution in [1.29, 1.82) is 0 Å². The molecule has 1 heteroatoms. The zero-order valence-electron chi connectivity index (χ0n) is 13.1. The van der Waals surface area contributed by atoms with Gasteiger partial charge in [-0.05, 0) is 73.9 Å². The maximum Gasteiger partial charge on any atom is 0.166 e. The lowest BCUT2D eigenvalue weighted by atomic mass is 9.79. The average Bonchev–Trinajstić information content (AvgIpc) is 2.50. The van der Waals surface area contributed by atoms with Crippen molar-refractivity contribution in [2.24, 2.45) is 5.92 Å². The third-order valence-corrected chi connectivity index (χ3v) is 4.82. The van der Waals surface area contributed by atoms with Gasteiger partial charge in [0.2, 0.25) is 0 Å². The van der Waals surface area contributed by atoms with Crippen molar-refractivity contribution < 1.29 is 4.79 Å². The van der Waals surface area contributed by atoms with E-state index in [0.29, 0.717) is 5.78 Å². The molecular formula is C20H22O. The van der Waals surface area contributed by atoms with Gasteiger partial charge < -0.3 is 0 Å². The van der Waals surface area contributed by atoms with Gasteiger partial charge in [0.25, 0.3) is 0 Å². The second kappa shape index (κ2) is 5.48. The van der Waals surface area contributed by atoms with Crippen molar-refractivity contribution in [3.8, 4) is 0 Å². The maximum atomic E-state index is 12.9. The van der Waals surface area contributed by atoms with Crippen LogP contribution < -0.4 is 0 Å². The summed E-state index contributed by atoms with van der Waals surface area (Å²) in [6, 6.07) is 12.7. The summed E-state index contributed by atoms with van der Waals surface area (Å²) in [7, 11) is 0. The van der Waals surface area contributed by atoms with Crippen molar-refractivity contribution in [1.82, 2.24) is 0 Å². The second-order valence-electron chi connectivity index (χ2n) is 6.32. The van der Waals surface area contributed by atoms with Crippen molar-refractivity contribution in [3.05, 3.63) is 69.8 Å². The zero-order valence-corrected chi connectivity index (χ0v) is 13.1. The Morgan fingerprint density at radius 2 is 1.62 bits per heavy atom. The van der Waals surface area contributed by atoms with E-state index in [9.17, 15) is 4.79 Å². The van der Waals surface area contributed by atoms with Crippen LogP contribution >= 0.6 is 0 Å². The van der Waals surface area contributed by atoms with Crippen molar-refractivity contribution in [2.45, 2.75) is 40.0 Å². The van der Waals surface area contributed by atoms with Gasteiger partial charge >= 0.3 is 0 Å². The van der Waals surface area contributed by atoms with Crippen LogP contribution in [0.3, 0.4) is 0 Å². The number of fused-ring (bicyclic) bond motifs is 1. The van der Waals surface area contributed by atoms with E-state index in [1.807, 2.05) is 0 Å². The summed E-state index contributed by atoms with van der Waals surface area (Å²) < 4.78 is 0. The highest BCUT2D eigenvalue weighted by molar-refractivity contribution is 5.99. The highest BCUT2D eigenvalue weighted by atomic mass is 16.1. The molecule has 0 N–H and O–H groups in total. The topological polar surface area (TPSA) is 17.1 Å². The van der Waals surface area contributed by atoms with E-state index in [1.165, 1.54) is 22.3 Å². The predicted octanol–water partition coefficient (Wildman–Crippen LogP) is 4.60. The Hall–Kier alpha value is -1.89. The van der Waals surface area contributed by atoms with Crippen molar-refractivity contribution >= 4 is 5.78 Å². The van der Waals surface area contributed by atoms with Gasteiger partial charge in [0.15, 0.2) is 5.78 Å².